The van der Waals surface area contributed by atoms with E-state index in [0.29, 0.717) is 53.9 Å². The van der Waals surface area contributed by atoms with Gasteiger partial charge in [-0.1, -0.05) is 24.3 Å². The Bertz CT molecular complexity index is 1330. The van der Waals surface area contributed by atoms with Gasteiger partial charge in [-0.3, -0.25) is 14.5 Å². The lowest BCUT2D eigenvalue weighted by Crippen LogP contribution is -2.29. The van der Waals surface area contributed by atoms with Crippen LogP contribution in [0.3, 0.4) is 0 Å². The zero-order chi connectivity index (χ0) is 24.5. The number of ketones is 1. The number of anilines is 1. The topological polar surface area (TPSA) is 85.3 Å². The van der Waals surface area contributed by atoms with E-state index >= 15 is 0 Å². The van der Waals surface area contributed by atoms with Crippen LogP contribution < -0.4 is 19.1 Å². The lowest BCUT2D eigenvalue weighted by molar-refractivity contribution is -0.132. The SMILES string of the molecule is CCOc1ccc(C2/C(=C(/O)c3ccc4c(c3)OCCO4)C(=O)C(=O)N2c2cccc(C)c2)cc1. The number of amides is 1. The fourth-order valence-corrected chi connectivity index (χ4v) is 4.45. The maximum atomic E-state index is 13.3. The first-order valence-corrected chi connectivity index (χ1v) is 11.5. The van der Waals surface area contributed by atoms with Crippen molar-refractivity contribution in [3.8, 4) is 17.2 Å². The summed E-state index contributed by atoms with van der Waals surface area (Å²) in [5.74, 6) is -0.00165. The van der Waals surface area contributed by atoms with Gasteiger partial charge in [-0.05, 0) is 67.4 Å². The fraction of sp³-hybridized carbons (Fsp3) is 0.214. The Hall–Kier alpha value is -4.26. The van der Waals surface area contributed by atoms with E-state index in [1.165, 1.54) is 4.90 Å². The third-order valence-electron chi connectivity index (χ3n) is 6.05. The number of ether oxygens (including phenoxy) is 3. The van der Waals surface area contributed by atoms with Crippen LogP contribution in [0, 0.1) is 6.92 Å². The van der Waals surface area contributed by atoms with Crippen LogP contribution in [-0.4, -0.2) is 36.6 Å². The van der Waals surface area contributed by atoms with Crippen LogP contribution in [0.1, 0.15) is 29.7 Å². The maximum Gasteiger partial charge on any atom is 0.300 e. The van der Waals surface area contributed by atoms with E-state index in [-0.39, 0.29) is 11.3 Å². The lowest BCUT2D eigenvalue weighted by atomic mass is 9.95. The molecule has 178 valence electrons. The van der Waals surface area contributed by atoms with Crippen molar-refractivity contribution in [2.45, 2.75) is 19.9 Å². The Labute approximate surface area is 203 Å². The second-order valence-corrected chi connectivity index (χ2v) is 8.37. The van der Waals surface area contributed by atoms with E-state index < -0.39 is 17.7 Å². The van der Waals surface area contributed by atoms with Gasteiger partial charge in [-0.2, -0.15) is 0 Å². The molecule has 1 saturated heterocycles. The van der Waals surface area contributed by atoms with Crippen LogP contribution in [-0.2, 0) is 9.59 Å². The number of benzene rings is 3. The second kappa shape index (κ2) is 9.18. The Balaban J connectivity index is 1.67. The highest BCUT2D eigenvalue weighted by atomic mass is 16.6. The number of hydrogen-bond donors (Lipinski definition) is 1. The molecule has 2 aliphatic rings. The van der Waals surface area contributed by atoms with Crippen molar-refractivity contribution in [2.24, 2.45) is 0 Å². The molecule has 0 radical (unpaired) electrons. The van der Waals surface area contributed by atoms with Gasteiger partial charge in [0.1, 0.15) is 24.7 Å². The smallest absolute Gasteiger partial charge is 0.300 e. The number of fused-ring (bicyclic) bond motifs is 1. The summed E-state index contributed by atoms with van der Waals surface area (Å²) < 4.78 is 16.8. The predicted molar refractivity (Wildman–Crippen MR) is 131 cm³/mol. The minimum absolute atomic E-state index is 0.0114. The average Bonchev–Trinajstić information content (AvgIpc) is 3.14. The molecule has 7 nitrogen and oxygen atoms in total. The molecule has 2 aliphatic heterocycles. The van der Waals surface area contributed by atoms with E-state index in [4.69, 9.17) is 14.2 Å². The summed E-state index contributed by atoms with van der Waals surface area (Å²) >= 11 is 0. The first-order chi connectivity index (χ1) is 17.0. The van der Waals surface area contributed by atoms with Crippen molar-refractivity contribution in [1.82, 2.24) is 0 Å². The van der Waals surface area contributed by atoms with Crippen LogP contribution in [0.25, 0.3) is 5.76 Å². The summed E-state index contributed by atoms with van der Waals surface area (Å²) in [6, 6.07) is 18.7. The molecule has 1 atom stereocenters. The van der Waals surface area contributed by atoms with E-state index in [9.17, 15) is 14.7 Å². The summed E-state index contributed by atoms with van der Waals surface area (Å²) in [5.41, 5.74) is 2.58. The summed E-state index contributed by atoms with van der Waals surface area (Å²) in [6.07, 6.45) is 0. The van der Waals surface area contributed by atoms with Gasteiger partial charge in [0.2, 0.25) is 0 Å². The van der Waals surface area contributed by atoms with Crippen LogP contribution >= 0.6 is 0 Å². The summed E-state index contributed by atoms with van der Waals surface area (Å²) in [4.78, 5) is 28.1. The predicted octanol–water partition coefficient (Wildman–Crippen LogP) is 4.79. The number of nitrogens with zero attached hydrogens (tertiary/aromatic N) is 1. The first kappa shape index (κ1) is 22.5. The highest BCUT2D eigenvalue weighted by molar-refractivity contribution is 6.51. The molecular formula is C28H25NO6. The van der Waals surface area contributed by atoms with E-state index in [1.54, 1.807) is 48.5 Å². The number of Topliss-reactive ketones (excluding diaryl/α,β-unsaturated/α-hetero) is 1. The van der Waals surface area contributed by atoms with Crippen molar-refractivity contribution in [1.29, 1.82) is 0 Å². The van der Waals surface area contributed by atoms with Gasteiger partial charge in [-0.25, -0.2) is 0 Å². The number of aliphatic hydroxyl groups excluding tert-OH is 1. The number of aliphatic hydroxyl groups is 1. The molecule has 3 aromatic carbocycles. The highest BCUT2D eigenvalue weighted by Gasteiger charge is 2.47. The summed E-state index contributed by atoms with van der Waals surface area (Å²) in [7, 11) is 0. The van der Waals surface area contributed by atoms with E-state index in [2.05, 4.69) is 0 Å². The van der Waals surface area contributed by atoms with Crippen molar-refractivity contribution >= 4 is 23.1 Å². The Morgan fingerprint density at radius 1 is 1.00 bits per heavy atom. The quantitative estimate of drug-likeness (QED) is 0.327. The molecule has 0 bridgehead atoms. The molecule has 7 heteroatoms. The normalized spacial score (nSPS) is 18.6. The van der Waals surface area contributed by atoms with Gasteiger partial charge in [0.25, 0.3) is 11.7 Å². The van der Waals surface area contributed by atoms with Crippen molar-refractivity contribution < 1.29 is 28.9 Å². The Morgan fingerprint density at radius 2 is 1.74 bits per heavy atom. The second-order valence-electron chi connectivity index (χ2n) is 8.37. The molecule has 0 saturated carbocycles. The van der Waals surface area contributed by atoms with Crippen molar-refractivity contribution in [3.63, 3.8) is 0 Å². The average molecular weight is 472 g/mol. The third kappa shape index (κ3) is 4.10. The molecule has 0 aromatic heterocycles. The van der Waals surface area contributed by atoms with Crippen LogP contribution in [0.15, 0.2) is 72.3 Å². The van der Waals surface area contributed by atoms with Crippen LogP contribution in [0.5, 0.6) is 17.2 Å². The monoisotopic (exact) mass is 471 g/mol. The van der Waals surface area contributed by atoms with Gasteiger partial charge < -0.3 is 19.3 Å². The molecule has 0 spiro atoms. The van der Waals surface area contributed by atoms with Gasteiger partial charge in [0.05, 0.1) is 18.2 Å². The van der Waals surface area contributed by atoms with E-state index in [0.717, 1.165) is 5.56 Å². The zero-order valence-corrected chi connectivity index (χ0v) is 19.5. The minimum Gasteiger partial charge on any atom is -0.507 e. The number of rotatable bonds is 5. The van der Waals surface area contributed by atoms with E-state index in [1.807, 2.05) is 32.0 Å². The molecule has 3 aromatic rings. The summed E-state index contributed by atoms with van der Waals surface area (Å²) in [5, 5.41) is 11.4. The fourth-order valence-electron chi connectivity index (χ4n) is 4.45. The molecule has 35 heavy (non-hydrogen) atoms. The number of carbonyl (C=O) groups excluding carboxylic acids is 2. The highest BCUT2D eigenvalue weighted by Crippen LogP contribution is 2.43. The van der Waals surface area contributed by atoms with Crippen molar-refractivity contribution in [3.05, 3.63) is 89.0 Å². The molecule has 1 unspecified atom stereocenters. The minimum atomic E-state index is -0.819. The standard InChI is InChI=1S/C28H25NO6/c1-3-33-21-10-7-18(8-11-21)25-24(26(30)19-9-12-22-23(16-19)35-14-13-34-22)27(31)28(32)29(25)20-6-4-5-17(2)15-20/h4-12,15-16,25,30H,3,13-14H2,1-2H3/b26-24-. The molecule has 1 amide bonds. The largest absolute Gasteiger partial charge is 0.507 e. The number of carbonyl (C=O) groups is 2. The maximum absolute atomic E-state index is 13.3. The molecule has 2 heterocycles. The van der Waals surface area contributed by atoms with Crippen molar-refractivity contribution in [2.75, 3.05) is 24.7 Å². The van der Waals surface area contributed by atoms with Gasteiger partial charge in [0.15, 0.2) is 11.5 Å². The molecule has 5 rings (SSSR count). The van der Waals surface area contributed by atoms with Crippen LogP contribution in [0.4, 0.5) is 5.69 Å². The molecule has 1 fully saturated rings. The zero-order valence-electron chi connectivity index (χ0n) is 19.5. The molecular weight excluding hydrogens is 446 g/mol. The van der Waals surface area contributed by atoms with Gasteiger partial charge in [0, 0.05) is 11.3 Å². The Morgan fingerprint density at radius 3 is 2.46 bits per heavy atom. The molecule has 1 N–H and O–H groups in total. The Kier molecular flexibility index (Phi) is 5.91. The van der Waals surface area contributed by atoms with Crippen LogP contribution in [0.2, 0.25) is 0 Å². The van der Waals surface area contributed by atoms with Gasteiger partial charge in [-0.15, -0.1) is 0 Å². The third-order valence-corrected chi connectivity index (χ3v) is 6.05. The summed E-state index contributed by atoms with van der Waals surface area (Å²) in [6.45, 7) is 5.17. The lowest BCUT2D eigenvalue weighted by Gasteiger charge is -2.26. The molecule has 0 aliphatic carbocycles. The first-order valence-electron chi connectivity index (χ1n) is 11.5. The van der Waals surface area contributed by atoms with Gasteiger partial charge >= 0.3 is 0 Å². The number of aryl methyl sites for hydroxylation is 1. The number of hydrogen-bond acceptors (Lipinski definition) is 6.